The first-order chi connectivity index (χ1) is 17.5. The standard InChI is InChI=1S/C28H26Cl2N2O3S/c29-20-4-3-5-21(30)24(20)25-19(26(35-32-25)15-8-9-15)14-34-18-12-16-10-11-17(13-18)28(16,33)27-31-22-6-1-2-7-23(22)36-27/h1-7,15-18,33H,8-14H2/t16-,17+,18+,28+. The molecule has 3 saturated carbocycles. The third-order valence-corrected chi connectivity index (χ3v) is 10.1. The summed E-state index contributed by atoms with van der Waals surface area (Å²) in [6, 6.07) is 13.6. The minimum Gasteiger partial charge on any atom is -0.382 e. The number of thiazole rings is 1. The number of benzene rings is 2. The number of nitrogens with zero attached hydrogens (tertiary/aromatic N) is 2. The fraction of sp³-hybridized carbons (Fsp3) is 0.429. The van der Waals surface area contributed by atoms with Gasteiger partial charge >= 0.3 is 0 Å². The number of hydrogen-bond acceptors (Lipinski definition) is 6. The van der Waals surface area contributed by atoms with Gasteiger partial charge in [-0.1, -0.05) is 46.6 Å². The fourth-order valence-electron chi connectivity index (χ4n) is 6.28. The van der Waals surface area contributed by atoms with E-state index in [9.17, 15) is 5.11 Å². The second-order valence-corrected chi connectivity index (χ2v) is 12.3. The summed E-state index contributed by atoms with van der Waals surface area (Å²) in [6.07, 6.45) is 5.88. The molecule has 5 nitrogen and oxygen atoms in total. The van der Waals surface area contributed by atoms with Gasteiger partial charge in [0, 0.05) is 17.0 Å². The van der Waals surface area contributed by atoms with Gasteiger partial charge in [0.15, 0.2) is 0 Å². The lowest BCUT2D eigenvalue weighted by Crippen LogP contribution is -2.44. The topological polar surface area (TPSA) is 68.4 Å². The Labute approximate surface area is 223 Å². The van der Waals surface area contributed by atoms with Crippen molar-refractivity contribution in [2.75, 3.05) is 0 Å². The molecule has 0 unspecified atom stereocenters. The van der Waals surface area contributed by atoms with Gasteiger partial charge in [-0.15, -0.1) is 11.3 Å². The average molecular weight is 542 g/mol. The molecule has 0 aliphatic heterocycles. The minimum atomic E-state index is -0.865. The highest BCUT2D eigenvalue weighted by Crippen LogP contribution is 2.57. The number of hydrogen-bond donors (Lipinski definition) is 1. The summed E-state index contributed by atoms with van der Waals surface area (Å²) in [5.41, 5.74) is 2.43. The maximum absolute atomic E-state index is 11.9. The predicted molar refractivity (Wildman–Crippen MR) is 141 cm³/mol. The maximum atomic E-state index is 11.9. The van der Waals surface area contributed by atoms with Gasteiger partial charge < -0.3 is 14.4 Å². The zero-order chi connectivity index (χ0) is 24.4. The normalized spacial score (nSPS) is 27.7. The highest BCUT2D eigenvalue weighted by Gasteiger charge is 2.56. The molecule has 0 saturated heterocycles. The van der Waals surface area contributed by atoms with Gasteiger partial charge in [0.1, 0.15) is 22.1 Å². The van der Waals surface area contributed by atoms with Crippen LogP contribution in [-0.2, 0) is 16.9 Å². The lowest BCUT2D eigenvalue weighted by Gasteiger charge is -2.41. The molecule has 2 aromatic heterocycles. The molecule has 0 spiro atoms. The van der Waals surface area contributed by atoms with Crippen molar-refractivity contribution in [1.29, 1.82) is 0 Å². The Kier molecular flexibility index (Phi) is 5.67. The Hall–Kier alpha value is -1.96. The van der Waals surface area contributed by atoms with Crippen LogP contribution in [0.5, 0.6) is 0 Å². The molecule has 2 heterocycles. The van der Waals surface area contributed by atoms with Gasteiger partial charge in [-0.25, -0.2) is 4.98 Å². The number of aliphatic hydroxyl groups is 1. The SMILES string of the molecule is O[C@@]1(c2nc3ccccc3s2)[C@@H]2CC[C@H]1C[C@@H](OCc1c(-c3c(Cl)cccc3Cl)noc1C1CC1)C2. The minimum absolute atomic E-state index is 0.0636. The van der Waals surface area contributed by atoms with Crippen LogP contribution < -0.4 is 0 Å². The van der Waals surface area contributed by atoms with Crippen LogP contribution in [-0.4, -0.2) is 21.4 Å². The van der Waals surface area contributed by atoms with E-state index in [1.54, 1.807) is 11.3 Å². The van der Waals surface area contributed by atoms with Crippen molar-refractivity contribution in [3.8, 4) is 11.3 Å². The van der Waals surface area contributed by atoms with Crippen molar-refractivity contribution in [2.24, 2.45) is 11.8 Å². The Morgan fingerprint density at radius 1 is 1.00 bits per heavy atom. The van der Waals surface area contributed by atoms with Crippen LogP contribution in [0.2, 0.25) is 10.0 Å². The fourth-order valence-corrected chi connectivity index (χ4v) is 8.07. The van der Waals surface area contributed by atoms with Crippen molar-refractivity contribution < 1.29 is 14.4 Å². The number of ether oxygens (including phenoxy) is 1. The molecule has 36 heavy (non-hydrogen) atoms. The van der Waals surface area contributed by atoms with Crippen LogP contribution in [0, 0.1) is 11.8 Å². The maximum Gasteiger partial charge on any atom is 0.145 e. The van der Waals surface area contributed by atoms with Crippen LogP contribution in [0.25, 0.3) is 21.5 Å². The van der Waals surface area contributed by atoms with Crippen LogP contribution in [0.4, 0.5) is 0 Å². The number of rotatable bonds is 6. The number of para-hydroxylation sites is 1. The summed E-state index contributed by atoms with van der Waals surface area (Å²) in [5, 5.41) is 18.3. The van der Waals surface area contributed by atoms with E-state index in [0.29, 0.717) is 33.8 Å². The molecule has 3 fully saturated rings. The molecule has 8 heteroatoms. The first-order valence-corrected chi connectivity index (χ1v) is 14.2. The molecule has 1 N–H and O–H groups in total. The molecule has 7 rings (SSSR count). The molecule has 3 aliphatic carbocycles. The van der Waals surface area contributed by atoms with E-state index >= 15 is 0 Å². The van der Waals surface area contributed by atoms with E-state index in [-0.39, 0.29) is 17.9 Å². The summed E-state index contributed by atoms with van der Waals surface area (Å²) < 4.78 is 13.5. The largest absolute Gasteiger partial charge is 0.382 e. The molecular formula is C28H26Cl2N2O3S. The molecule has 186 valence electrons. The van der Waals surface area contributed by atoms with Gasteiger partial charge in [0.05, 0.1) is 33.0 Å². The second-order valence-electron chi connectivity index (χ2n) is 10.4. The third kappa shape index (κ3) is 3.72. The summed E-state index contributed by atoms with van der Waals surface area (Å²) >= 11 is 14.7. The van der Waals surface area contributed by atoms with E-state index < -0.39 is 5.60 Å². The number of halogens is 2. The molecule has 4 atom stereocenters. The number of fused-ring (bicyclic) bond motifs is 3. The van der Waals surface area contributed by atoms with Gasteiger partial charge in [0.25, 0.3) is 0 Å². The summed E-state index contributed by atoms with van der Waals surface area (Å²) in [7, 11) is 0. The molecule has 4 aromatic rings. The quantitative estimate of drug-likeness (QED) is 0.271. The Bertz CT molecular complexity index is 1380. The van der Waals surface area contributed by atoms with Crippen molar-refractivity contribution in [1.82, 2.24) is 10.1 Å². The third-order valence-electron chi connectivity index (χ3n) is 8.27. The van der Waals surface area contributed by atoms with Gasteiger partial charge in [-0.3, -0.25) is 0 Å². The summed E-state index contributed by atoms with van der Waals surface area (Å²) in [5.74, 6) is 1.57. The van der Waals surface area contributed by atoms with Crippen molar-refractivity contribution in [2.45, 2.75) is 62.8 Å². The van der Waals surface area contributed by atoms with E-state index in [2.05, 4.69) is 11.2 Å². The average Bonchev–Trinajstić information content (AvgIpc) is 3.45. The Morgan fingerprint density at radius 3 is 2.42 bits per heavy atom. The first kappa shape index (κ1) is 23.2. The first-order valence-electron chi connectivity index (χ1n) is 12.6. The lowest BCUT2D eigenvalue weighted by atomic mass is 9.73. The zero-order valence-electron chi connectivity index (χ0n) is 19.6. The molecule has 2 aromatic carbocycles. The van der Waals surface area contributed by atoms with Crippen LogP contribution in [0.3, 0.4) is 0 Å². The highest BCUT2D eigenvalue weighted by atomic mass is 35.5. The van der Waals surface area contributed by atoms with Gasteiger partial charge in [-0.2, -0.15) is 0 Å². The molecule has 0 amide bonds. The van der Waals surface area contributed by atoms with Crippen LogP contribution in [0.15, 0.2) is 47.0 Å². The van der Waals surface area contributed by atoms with Gasteiger partial charge in [0.2, 0.25) is 0 Å². The van der Waals surface area contributed by atoms with E-state index in [1.807, 2.05) is 36.4 Å². The summed E-state index contributed by atoms with van der Waals surface area (Å²) in [4.78, 5) is 4.84. The van der Waals surface area contributed by atoms with Crippen LogP contribution in [0.1, 0.15) is 60.8 Å². The Balaban J connectivity index is 1.13. The summed E-state index contributed by atoms with van der Waals surface area (Å²) in [6.45, 7) is 0.399. The van der Waals surface area contributed by atoms with Crippen molar-refractivity contribution >= 4 is 44.8 Å². The smallest absolute Gasteiger partial charge is 0.145 e. The predicted octanol–water partition coefficient (Wildman–Crippen LogP) is 7.73. The zero-order valence-corrected chi connectivity index (χ0v) is 22.0. The van der Waals surface area contributed by atoms with Gasteiger partial charge in [-0.05, 0) is 74.6 Å². The number of aromatic nitrogens is 2. The van der Waals surface area contributed by atoms with Crippen molar-refractivity contribution in [3.05, 3.63) is 68.8 Å². The molecule has 3 aliphatic rings. The lowest BCUT2D eigenvalue weighted by molar-refractivity contribution is -0.116. The van der Waals surface area contributed by atoms with Crippen molar-refractivity contribution in [3.63, 3.8) is 0 Å². The Morgan fingerprint density at radius 2 is 1.72 bits per heavy atom. The second kappa shape index (κ2) is 8.81. The molecule has 2 bridgehead atoms. The highest BCUT2D eigenvalue weighted by molar-refractivity contribution is 7.18. The van der Waals surface area contributed by atoms with E-state index in [1.165, 1.54) is 0 Å². The van der Waals surface area contributed by atoms with E-state index in [4.69, 9.17) is 37.4 Å². The molecular weight excluding hydrogens is 515 g/mol. The van der Waals surface area contributed by atoms with E-state index in [0.717, 1.165) is 65.1 Å². The molecule has 0 radical (unpaired) electrons. The monoisotopic (exact) mass is 540 g/mol. The van der Waals surface area contributed by atoms with Crippen LogP contribution >= 0.6 is 34.5 Å².